The van der Waals surface area contributed by atoms with Gasteiger partial charge < -0.3 is 10.1 Å². The molecule has 0 aromatic heterocycles. The molecule has 1 atom stereocenters. The second-order valence-electron chi connectivity index (χ2n) is 5.46. The Morgan fingerprint density at radius 2 is 2.04 bits per heavy atom. The molecule has 0 unspecified atom stereocenters. The second kappa shape index (κ2) is 6.90. The van der Waals surface area contributed by atoms with Crippen molar-refractivity contribution in [1.29, 1.82) is 0 Å². The van der Waals surface area contributed by atoms with Gasteiger partial charge in [-0.2, -0.15) is 0 Å². The van der Waals surface area contributed by atoms with Crippen LogP contribution in [-0.4, -0.2) is 40.1 Å². The van der Waals surface area contributed by atoms with E-state index >= 15 is 0 Å². The minimum Gasteiger partial charge on any atom is -0.383 e. The van der Waals surface area contributed by atoms with Crippen LogP contribution >= 0.6 is 0 Å². The minimum atomic E-state index is -4.14. The summed E-state index contributed by atoms with van der Waals surface area (Å²) in [6.45, 7) is 1.74. The van der Waals surface area contributed by atoms with E-state index in [1.807, 2.05) is 0 Å². The van der Waals surface area contributed by atoms with Gasteiger partial charge >= 0.3 is 0 Å². The summed E-state index contributed by atoms with van der Waals surface area (Å²) in [5, 5.41) is 2.35. The molecule has 0 bridgehead atoms. The maximum atomic E-state index is 14.4. The van der Waals surface area contributed by atoms with E-state index in [4.69, 9.17) is 4.74 Å². The molecular weight excluding hydrogens is 330 g/mol. The average molecular weight is 348 g/mol. The summed E-state index contributed by atoms with van der Waals surface area (Å²) < 4.78 is 59.6. The SMILES string of the molecule is COC[C@@H](C)NC(=O)c1c(F)ccc(S(=O)(=O)NC2CC2)c1F. The number of hydrogen-bond acceptors (Lipinski definition) is 4. The Morgan fingerprint density at radius 1 is 1.39 bits per heavy atom. The maximum absolute atomic E-state index is 14.4. The van der Waals surface area contributed by atoms with Gasteiger partial charge in [-0.05, 0) is 31.9 Å². The van der Waals surface area contributed by atoms with Gasteiger partial charge in [-0.3, -0.25) is 4.79 Å². The predicted octanol–water partition coefficient (Wildman–Crippen LogP) is 1.17. The fraction of sp³-hybridized carbons (Fsp3) is 0.500. The van der Waals surface area contributed by atoms with E-state index in [1.54, 1.807) is 6.92 Å². The van der Waals surface area contributed by atoms with Crippen LogP contribution in [0.25, 0.3) is 0 Å². The number of amides is 1. The Bertz CT molecular complexity index is 705. The highest BCUT2D eigenvalue weighted by Crippen LogP contribution is 2.25. The van der Waals surface area contributed by atoms with Crippen LogP contribution in [0.5, 0.6) is 0 Å². The molecule has 23 heavy (non-hydrogen) atoms. The first-order valence-corrected chi connectivity index (χ1v) is 8.54. The Labute approximate surface area is 133 Å². The Hall–Kier alpha value is -1.58. The third-order valence-corrected chi connectivity index (χ3v) is 4.80. The number of rotatable bonds is 7. The van der Waals surface area contributed by atoms with E-state index in [1.165, 1.54) is 7.11 Å². The molecule has 0 radical (unpaired) electrons. The summed E-state index contributed by atoms with van der Waals surface area (Å²) in [4.78, 5) is 11.3. The number of carbonyl (C=O) groups excluding carboxylic acids is 1. The molecule has 9 heteroatoms. The van der Waals surface area contributed by atoms with Crippen LogP contribution in [0.1, 0.15) is 30.1 Å². The first-order valence-electron chi connectivity index (χ1n) is 7.06. The van der Waals surface area contributed by atoms with E-state index in [0.29, 0.717) is 12.8 Å². The van der Waals surface area contributed by atoms with Crippen molar-refractivity contribution in [3.8, 4) is 0 Å². The molecule has 0 spiro atoms. The fourth-order valence-corrected chi connectivity index (χ4v) is 3.41. The van der Waals surface area contributed by atoms with E-state index in [2.05, 4.69) is 10.0 Å². The molecule has 1 aliphatic carbocycles. The number of halogens is 2. The molecule has 0 aliphatic heterocycles. The lowest BCUT2D eigenvalue weighted by Gasteiger charge is -2.15. The number of ether oxygens (including phenoxy) is 1. The lowest BCUT2D eigenvalue weighted by Crippen LogP contribution is -2.37. The van der Waals surface area contributed by atoms with E-state index < -0.39 is 44.1 Å². The highest BCUT2D eigenvalue weighted by Gasteiger charge is 2.32. The molecule has 0 heterocycles. The van der Waals surface area contributed by atoms with E-state index in [0.717, 1.165) is 12.1 Å². The largest absolute Gasteiger partial charge is 0.383 e. The Morgan fingerprint density at radius 3 is 2.61 bits per heavy atom. The summed E-state index contributed by atoms with van der Waals surface area (Å²) in [6.07, 6.45) is 1.34. The van der Waals surface area contributed by atoms with E-state index in [9.17, 15) is 22.0 Å². The second-order valence-corrected chi connectivity index (χ2v) is 7.14. The lowest BCUT2D eigenvalue weighted by molar-refractivity contribution is 0.0896. The summed E-state index contributed by atoms with van der Waals surface area (Å²) in [5.74, 6) is -3.57. The molecule has 0 saturated heterocycles. The Kier molecular flexibility index (Phi) is 5.33. The van der Waals surface area contributed by atoms with Crippen LogP contribution in [0, 0.1) is 11.6 Å². The summed E-state index contributed by atoms with van der Waals surface area (Å²) in [5.41, 5.74) is -0.924. The van der Waals surface area contributed by atoms with Crippen LogP contribution in [-0.2, 0) is 14.8 Å². The zero-order valence-corrected chi connectivity index (χ0v) is 13.5. The lowest BCUT2D eigenvalue weighted by atomic mass is 10.1. The average Bonchev–Trinajstić information content (AvgIpc) is 3.21. The van der Waals surface area contributed by atoms with Gasteiger partial charge in [-0.15, -0.1) is 0 Å². The van der Waals surface area contributed by atoms with E-state index in [-0.39, 0.29) is 12.6 Å². The van der Waals surface area contributed by atoms with Crippen LogP contribution < -0.4 is 10.0 Å². The standard InChI is InChI=1S/C14H18F2N2O4S/c1-8(7-22-2)17-14(19)12-10(15)5-6-11(13(12)16)23(20,21)18-9-3-4-9/h5-6,8-9,18H,3-4,7H2,1-2H3,(H,17,19)/t8-/m1/s1. The topological polar surface area (TPSA) is 84.5 Å². The van der Waals surface area contributed by atoms with Gasteiger partial charge in [0.2, 0.25) is 10.0 Å². The molecule has 1 amide bonds. The highest BCUT2D eigenvalue weighted by molar-refractivity contribution is 7.89. The smallest absolute Gasteiger partial charge is 0.257 e. The van der Waals surface area contributed by atoms with Crippen molar-refractivity contribution in [3.05, 3.63) is 29.3 Å². The predicted molar refractivity (Wildman–Crippen MR) is 78.5 cm³/mol. The monoisotopic (exact) mass is 348 g/mol. The molecular formula is C14H18F2N2O4S. The number of hydrogen-bond donors (Lipinski definition) is 2. The number of methoxy groups -OCH3 is 1. The van der Waals surface area contributed by atoms with Gasteiger partial charge in [0.05, 0.1) is 6.61 Å². The van der Waals surface area contributed by atoms with Crippen molar-refractivity contribution in [1.82, 2.24) is 10.0 Å². The summed E-state index contributed by atoms with van der Waals surface area (Å²) >= 11 is 0. The van der Waals surface area contributed by atoms with Crippen LogP contribution in [0.4, 0.5) is 8.78 Å². The molecule has 2 N–H and O–H groups in total. The zero-order chi connectivity index (χ0) is 17.2. The van der Waals surface area contributed by atoms with Crippen LogP contribution in [0.3, 0.4) is 0 Å². The minimum absolute atomic E-state index is 0.149. The van der Waals surface area contributed by atoms with Gasteiger partial charge in [-0.25, -0.2) is 21.9 Å². The van der Waals surface area contributed by atoms with Crippen LogP contribution in [0.2, 0.25) is 0 Å². The van der Waals surface area contributed by atoms with Crippen molar-refractivity contribution in [2.45, 2.75) is 36.7 Å². The number of benzene rings is 1. The summed E-state index contributed by atoms with van der Waals surface area (Å²) in [7, 11) is -2.72. The van der Waals surface area contributed by atoms with Crippen molar-refractivity contribution >= 4 is 15.9 Å². The normalized spacial score (nSPS) is 16.2. The van der Waals surface area contributed by atoms with Gasteiger partial charge in [-0.1, -0.05) is 0 Å². The molecule has 1 fully saturated rings. The molecule has 1 saturated carbocycles. The molecule has 128 valence electrons. The quantitative estimate of drug-likeness (QED) is 0.775. The fourth-order valence-electron chi connectivity index (χ4n) is 2.02. The molecule has 6 nitrogen and oxygen atoms in total. The third-order valence-electron chi connectivity index (χ3n) is 3.27. The van der Waals surface area contributed by atoms with Crippen molar-refractivity contribution in [3.63, 3.8) is 0 Å². The molecule has 1 aromatic carbocycles. The van der Waals surface area contributed by atoms with Gasteiger partial charge in [0, 0.05) is 19.2 Å². The maximum Gasteiger partial charge on any atom is 0.257 e. The first-order chi connectivity index (χ1) is 10.8. The first kappa shape index (κ1) is 17.8. The number of sulfonamides is 1. The van der Waals surface area contributed by atoms with Gasteiger partial charge in [0.25, 0.3) is 5.91 Å². The third kappa shape index (κ3) is 4.24. The molecule has 1 aliphatic rings. The Balaban J connectivity index is 2.32. The van der Waals surface area contributed by atoms with Crippen molar-refractivity contribution in [2.75, 3.05) is 13.7 Å². The zero-order valence-electron chi connectivity index (χ0n) is 12.7. The summed E-state index contributed by atoms with van der Waals surface area (Å²) in [6, 6.07) is 0.852. The highest BCUT2D eigenvalue weighted by atomic mass is 32.2. The van der Waals surface area contributed by atoms with Gasteiger partial charge in [0.15, 0.2) is 5.82 Å². The van der Waals surface area contributed by atoms with Crippen molar-refractivity contribution < 1.29 is 26.7 Å². The molecule has 2 rings (SSSR count). The molecule has 1 aromatic rings. The number of nitrogens with one attached hydrogen (secondary N) is 2. The van der Waals surface area contributed by atoms with Crippen molar-refractivity contribution in [2.24, 2.45) is 0 Å². The van der Waals surface area contributed by atoms with Gasteiger partial charge in [0.1, 0.15) is 16.3 Å². The van der Waals surface area contributed by atoms with Crippen LogP contribution in [0.15, 0.2) is 17.0 Å². The number of carbonyl (C=O) groups is 1.